The van der Waals surface area contributed by atoms with E-state index in [1.807, 2.05) is 18.2 Å². The van der Waals surface area contributed by atoms with Gasteiger partial charge in [0.15, 0.2) is 0 Å². The third-order valence-electron chi connectivity index (χ3n) is 5.73. The van der Waals surface area contributed by atoms with Crippen molar-refractivity contribution in [3.8, 4) is 0 Å². The van der Waals surface area contributed by atoms with Crippen LogP contribution in [0.2, 0.25) is 5.02 Å². The van der Waals surface area contributed by atoms with Gasteiger partial charge in [0.1, 0.15) is 0 Å². The Bertz CT molecular complexity index is 1120. The minimum Gasteiger partial charge on any atom is -0.353 e. The Balaban J connectivity index is 1.30. The molecule has 3 aromatic rings. The maximum absolute atomic E-state index is 12.5. The summed E-state index contributed by atoms with van der Waals surface area (Å²) in [6, 6.07) is 17.8. The van der Waals surface area contributed by atoms with Gasteiger partial charge in [-0.1, -0.05) is 48.0 Å². The Morgan fingerprint density at radius 1 is 1.13 bits per heavy atom. The molecule has 1 N–H and O–H groups in total. The molecule has 1 amide bonds. The lowest BCUT2D eigenvalue weighted by Gasteiger charge is -2.32. The van der Waals surface area contributed by atoms with Crippen LogP contribution < -0.4 is 10.9 Å². The first-order chi connectivity index (χ1) is 15.0. The third-order valence-corrected chi connectivity index (χ3v) is 7.02. The Labute approximate surface area is 191 Å². The van der Waals surface area contributed by atoms with Gasteiger partial charge in [-0.25, -0.2) is 0 Å². The first-order valence-electron chi connectivity index (χ1n) is 10.5. The first-order valence-corrected chi connectivity index (χ1v) is 11.8. The molecule has 7 heteroatoms. The number of piperidine rings is 1. The number of benzene rings is 2. The van der Waals surface area contributed by atoms with Gasteiger partial charge in [-0.15, -0.1) is 11.8 Å². The second kappa shape index (κ2) is 9.90. The molecule has 0 aliphatic carbocycles. The minimum atomic E-state index is -0.108. The molecule has 1 fully saturated rings. The molecule has 1 aliphatic rings. The average Bonchev–Trinajstić information content (AvgIpc) is 2.77. The monoisotopic (exact) mass is 455 g/mol. The zero-order valence-corrected chi connectivity index (χ0v) is 19.1. The summed E-state index contributed by atoms with van der Waals surface area (Å²) in [5, 5.41) is 4.68. The van der Waals surface area contributed by atoms with Crippen LogP contribution in [0.5, 0.6) is 0 Å². The molecule has 0 spiro atoms. The van der Waals surface area contributed by atoms with E-state index in [0.717, 1.165) is 48.3 Å². The number of amides is 1. The van der Waals surface area contributed by atoms with Gasteiger partial charge in [0.2, 0.25) is 5.91 Å². The number of pyridine rings is 1. The van der Waals surface area contributed by atoms with Crippen LogP contribution in [-0.4, -0.2) is 40.3 Å². The minimum absolute atomic E-state index is 0.00861. The maximum Gasteiger partial charge on any atom is 0.251 e. The summed E-state index contributed by atoms with van der Waals surface area (Å²) >= 11 is 7.50. The number of fused-ring (bicyclic) bond motifs is 1. The number of nitrogens with one attached hydrogen (secondary N) is 1. The summed E-state index contributed by atoms with van der Waals surface area (Å²) in [4.78, 5) is 28.1. The van der Waals surface area contributed by atoms with Crippen molar-refractivity contribution in [2.45, 2.75) is 30.3 Å². The van der Waals surface area contributed by atoms with Gasteiger partial charge >= 0.3 is 0 Å². The highest BCUT2D eigenvalue weighted by molar-refractivity contribution is 8.00. The van der Waals surface area contributed by atoms with Crippen molar-refractivity contribution in [3.63, 3.8) is 0 Å². The van der Waals surface area contributed by atoms with E-state index in [-0.39, 0.29) is 23.3 Å². The highest BCUT2D eigenvalue weighted by atomic mass is 35.5. The van der Waals surface area contributed by atoms with Gasteiger partial charge in [0.05, 0.1) is 11.3 Å². The van der Waals surface area contributed by atoms with Gasteiger partial charge in [-0.2, -0.15) is 0 Å². The van der Waals surface area contributed by atoms with Crippen molar-refractivity contribution in [1.29, 1.82) is 0 Å². The first kappa shape index (κ1) is 21.9. The van der Waals surface area contributed by atoms with E-state index < -0.39 is 0 Å². The lowest BCUT2D eigenvalue weighted by Crippen LogP contribution is -2.44. The molecule has 5 nitrogen and oxygen atoms in total. The molecule has 2 aromatic carbocycles. The average molecular weight is 456 g/mol. The van der Waals surface area contributed by atoms with Crippen molar-refractivity contribution >= 4 is 40.2 Å². The second-order valence-electron chi connectivity index (χ2n) is 7.96. The third kappa shape index (κ3) is 5.50. The number of aryl methyl sites for hydroxylation is 1. The van der Waals surface area contributed by atoms with Crippen molar-refractivity contribution in [3.05, 3.63) is 75.5 Å². The van der Waals surface area contributed by atoms with Crippen LogP contribution in [0.3, 0.4) is 0 Å². The van der Waals surface area contributed by atoms with E-state index in [2.05, 4.69) is 34.5 Å². The van der Waals surface area contributed by atoms with E-state index in [0.29, 0.717) is 5.02 Å². The molecule has 0 saturated carbocycles. The highest BCUT2D eigenvalue weighted by Crippen LogP contribution is 2.28. The summed E-state index contributed by atoms with van der Waals surface area (Å²) in [7, 11) is 1.73. The van der Waals surface area contributed by atoms with Crippen LogP contribution in [0.25, 0.3) is 10.9 Å². The van der Waals surface area contributed by atoms with Crippen LogP contribution >= 0.6 is 23.4 Å². The number of hydrogen-bond donors (Lipinski definition) is 1. The van der Waals surface area contributed by atoms with Crippen molar-refractivity contribution < 1.29 is 4.79 Å². The normalized spacial score (nSPS) is 15.3. The van der Waals surface area contributed by atoms with Gasteiger partial charge in [0.25, 0.3) is 5.56 Å². The summed E-state index contributed by atoms with van der Waals surface area (Å²) in [6.07, 6.45) is 1.91. The van der Waals surface area contributed by atoms with Crippen molar-refractivity contribution in [1.82, 2.24) is 14.8 Å². The largest absolute Gasteiger partial charge is 0.353 e. The van der Waals surface area contributed by atoms with Crippen LogP contribution in [0, 0.1) is 0 Å². The van der Waals surface area contributed by atoms with Crippen molar-refractivity contribution in [2.75, 3.05) is 18.8 Å². The predicted octanol–water partition coefficient (Wildman–Crippen LogP) is 4.06. The lowest BCUT2D eigenvalue weighted by atomic mass is 10.0. The Morgan fingerprint density at radius 2 is 1.87 bits per heavy atom. The number of rotatable bonds is 6. The van der Waals surface area contributed by atoms with Gasteiger partial charge in [0, 0.05) is 54.1 Å². The van der Waals surface area contributed by atoms with Gasteiger partial charge in [-0.3, -0.25) is 14.5 Å². The standard InChI is InChI=1S/C24H26ClN3O2S/c1-27-21-13-18(25)7-8-20(21)22(14-24(27)30)31-16-23(29)26-19-9-11-28(12-10-19)15-17-5-3-2-4-6-17/h2-8,13-14,19H,9-12,15-16H2,1H3,(H,26,29). The second-order valence-corrected chi connectivity index (χ2v) is 9.41. The van der Waals surface area contributed by atoms with E-state index in [4.69, 9.17) is 11.6 Å². The Morgan fingerprint density at radius 3 is 2.61 bits per heavy atom. The SMILES string of the molecule is Cn1c(=O)cc(SCC(=O)NC2CCN(Cc3ccccc3)CC2)c2ccc(Cl)cc21. The predicted molar refractivity (Wildman–Crippen MR) is 128 cm³/mol. The lowest BCUT2D eigenvalue weighted by molar-refractivity contribution is -0.119. The smallest absolute Gasteiger partial charge is 0.251 e. The summed E-state index contributed by atoms with van der Waals surface area (Å²) in [5.41, 5.74) is 1.99. The molecule has 0 radical (unpaired) electrons. The number of carbonyl (C=O) groups is 1. The summed E-state index contributed by atoms with van der Waals surface area (Å²) in [5.74, 6) is 0.295. The summed E-state index contributed by atoms with van der Waals surface area (Å²) < 4.78 is 1.58. The molecule has 162 valence electrons. The molecule has 0 bridgehead atoms. The van der Waals surface area contributed by atoms with Crippen LogP contribution in [0.4, 0.5) is 0 Å². The molecule has 4 rings (SSSR count). The number of hydrogen-bond acceptors (Lipinski definition) is 4. The van der Waals surface area contributed by atoms with Gasteiger partial charge in [-0.05, 0) is 30.5 Å². The zero-order chi connectivity index (χ0) is 21.8. The number of likely N-dealkylation sites (tertiary alicyclic amines) is 1. The van der Waals surface area contributed by atoms with Crippen LogP contribution in [0.1, 0.15) is 18.4 Å². The quantitative estimate of drug-likeness (QED) is 0.569. The topological polar surface area (TPSA) is 54.3 Å². The Hall–Kier alpha value is -2.28. The fourth-order valence-corrected chi connectivity index (χ4v) is 5.05. The van der Waals surface area contributed by atoms with E-state index >= 15 is 0 Å². The van der Waals surface area contributed by atoms with Crippen molar-refractivity contribution in [2.24, 2.45) is 7.05 Å². The molecule has 0 unspecified atom stereocenters. The summed E-state index contributed by atoms with van der Waals surface area (Å²) in [6.45, 7) is 2.91. The molecule has 2 heterocycles. The molecule has 1 aromatic heterocycles. The van der Waals surface area contributed by atoms with Crippen LogP contribution in [0.15, 0.2) is 64.3 Å². The number of thioether (sulfide) groups is 1. The molecule has 1 saturated heterocycles. The van der Waals surface area contributed by atoms with E-state index in [9.17, 15) is 9.59 Å². The zero-order valence-electron chi connectivity index (χ0n) is 17.5. The molecular weight excluding hydrogens is 430 g/mol. The highest BCUT2D eigenvalue weighted by Gasteiger charge is 2.21. The molecule has 0 atom stereocenters. The number of aromatic nitrogens is 1. The number of carbonyl (C=O) groups excluding carboxylic acids is 1. The maximum atomic E-state index is 12.5. The fourth-order valence-electron chi connectivity index (χ4n) is 4.01. The Kier molecular flexibility index (Phi) is 7.00. The number of halogens is 1. The van der Waals surface area contributed by atoms with E-state index in [1.165, 1.54) is 17.3 Å². The van der Waals surface area contributed by atoms with E-state index in [1.54, 1.807) is 23.7 Å². The van der Waals surface area contributed by atoms with Gasteiger partial charge < -0.3 is 9.88 Å². The molecular formula is C24H26ClN3O2S. The fraction of sp³-hybridized carbons (Fsp3) is 0.333. The molecule has 31 heavy (non-hydrogen) atoms. The number of nitrogens with zero attached hydrogens (tertiary/aromatic N) is 2. The van der Waals surface area contributed by atoms with Crippen LogP contribution in [-0.2, 0) is 18.4 Å². The molecule has 1 aliphatic heterocycles.